The van der Waals surface area contributed by atoms with Crippen LogP contribution in [0.15, 0.2) is 66.9 Å². The van der Waals surface area contributed by atoms with E-state index in [9.17, 15) is 4.79 Å². The van der Waals surface area contributed by atoms with Gasteiger partial charge >= 0.3 is 0 Å². The maximum absolute atomic E-state index is 12.5. The summed E-state index contributed by atoms with van der Waals surface area (Å²) >= 11 is 6.07. The Morgan fingerprint density at radius 2 is 1.71 bits per heavy atom. The van der Waals surface area contributed by atoms with Gasteiger partial charge in [-0.2, -0.15) is 5.10 Å². The quantitative estimate of drug-likeness (QED) is 0.408. The Bertz CT molecular complexity index is 1270. The molecular weight excluding hydrogens is 448 g/mol. The van der Waals surface area contributed by atoms with Crippen molar-refractivity contribution in [1.29, 1.82) is 0 Å². The Hall–Kier alpha value is -3.45. The molecule has 1 atom stereocenters. The molecule has 1 saturated heterocycles. The van der Waals surface area contributed by atoms with Gasteiger partial charge in [-0.05, 0) is 31.0 Å². The summed E-state index contributed by atoms with van der Waals surface area (Å²) in [5.74, 6) is 1.60. The van der Waals surface area contributed by atoms with Crippen molar-refractivity contribution in [2.24, 2.45) is 0 Å². The van der Waals surface area contributed by atoms with Crippen molar-refractivity contribution in [3.8, 4) is 5.69 Å². The third-order valence-electron chi connectivity index (χ3n) is 6.11. The Balaban J connectivity index is 1.55. The molecule has 1 aliphatic heterocycles. The standard InChI is InChI=1S/C26H27ClN6O/c1-19(27)26(34)32-14-8-13-31(15-16-32)24-22-18-28-33(21-11-6-3-7-12-21)25(22)30-23(29-24)17-20-9-4-2-5-10-20/h2-7,9-12,18-19H,8,13-17H2,1H3/t19-/m0/s1. The zero-order valence-electron chi connectivity index (χ0n) is 19.1. The number of anilines is 1. The van der Waals surface area contributed by atoms with Crippen molar-refractivity contribution < 1.29 is 4.79 Å². The maximum atomic E-state index is 12.5. The van der Waals surface area contributed by atoms with Gasteiger partial charge < -0.3 is 9.80 Å². The van der Waals surface area contributed by atoms with Crippen LogP contribution in [0.3, 0.4) is 0 Å². The third-order valence-corrected chi connectivity index (χ3v) is 6.29. The Kier molecular flexibility index (Phi) is 6.45. The fourth-order valence-corrected chi connectivity index (χ4v) is 4.53. The number of alkyl halides is 1. The highest BCUT2D eigenvalue weighted by molar-refractivity contribution is 6.30. The number of amides is 1. The fraction of sp³-hybridized carbons (Fsp3) is 0.308. The van der Waals surface area contributed by atoms with Crippen LogP contribution in [-0.4, -0.2) is 62.1 Å². The fourth-order valence-electron chi connectivity index (χ4n) is 4.39. The molecule has 1 aliphatic rings. The molecule has 2 aromatic carbocycles. The van der Waals surface area contributed by atoms with Gasteiger partial charge in [-0.3, -0.25) is 4.79 Å². The van der Waals surface area contributed by atoms with Crippen LogP contribution in [0.25, 0.3) is 16.7 Å². The van der Waals surface area contributed by atoms with Gasteiger partial charge in [0.25, 0.3) is 0 Å². The van der Waals surface area contributed by atoms with E-state index in [1.807, 2.05) is 64.3 Å². The molecule has 2 aromatic heterocycles. The molecule has 34 heavy (non-hydrogen) atoms. The number of carbonyl (C=O) groups excluding carboxylic acids is 1. The van der Waals surface area contributed by atoms with Crippen LogP contribution < -0.4 is 4.90 Å². The molecule has 3 heterocycles. The van der Waals surface area contributed by atoms with Gasteiger partial charge in [-0.25, -0.2) is 14.6 Å². The number of hydrogen-bond acceptors (Lipinski definition) is 5. The molecule has 7 nitrogen and oxygen atoms in total. The highest BCUT2D eigenvalue weighted by Crippen LogP contribution is 2.27. The molecule has 8 heteroatoms. The largest absolute Gasteiger partial charge is 0.354 e. The number of aromatic nitrogens is 4. The normalized spacial score (nSPS) is 15.4. The molecule has 0 N–H and O–H groups in total. The number of benzene rings is 2. The van der Waals surface area contributed by atoms with Gasteiger partial charge in [-0.1, -0.05) is 48.5 Å². The van der Waals surface area contributed by atoms with Gasteiger partial charge in [-0.15, -0.1) is 11.6 Å². The lowest BCUT2D eigenvalue weighted by molar-refractivity contribution is -0.130. The number of nitrogens with zero attached hydrogens (tertiary/aromatic N) is 6. The summed E-state index contributed by atoms with van der Waals surface area (Å²) < 4.78 is 1.87. The Morgan fingerprint density at radius 3 is 2.44 bits per heavy atom. The zero-order valence-corrected chi connectivity index (χ0v) is 19.9. The van der Waals surface area contributed by atoms with Crippen LogP contribution in [0, 0.1) is 0 Å². The number of fused-ring (bicyclic) bond motifs is 1. The summed E-state index contributed by atoms with van der Waals surface area (Å²) in [6.07, 6.45) is 3.33. The smallest absolute Gasteiger partial charge is 0.240 e. The number of hydrogen-bond donors (Lipinski definition) is 0. The first-order chi connectivity index (χ1) is 16.6. The summed E-state index contributed by atoms with van der Waals surface area (Å²) in [5.41, 5.74) is 2.90. The first-order valence-electron chi connectivity index (χ1n) is 11.6. The average molecular weight is 475 g/mol. The summed E-state index contributed by atoms with van der Waals surface area (Å²) in [6.45, 7) is 4.52. The lowest BCUT2D eigenvalue weighted by Gasteiger charge is -2.24. The van der Waals surface area contributed by atoms with Crippen LogP contribution in [0.1, 0.15) is 24.7 Å². The van der Waals surface area contributed by atoms with E-state index >= 15 is 0 Å². The molecule has 0 saturated carbocycles. The molecule has 0 bridgehead atoms. The first-order valence-corrected chi connectivity index (χ1v) is 12.1. The SMILES string of the molecule is C[C@H](Cl)C(=O)N1CCCN(c2nc(Cc3ccccc3)nc3c2cnn3-c2ccccc2)CC1. The number of rotatable bonds is 5. The second-order valence-electron chi connectivity index (χ2n) is 8.54. The summed E-state index contributed by atoms with van der Waals surface area (Å²) in [7, 11) is 0. The topological polar surface area (TPSA) is 67.2 Å². The average Bonchev–Trinajstić information content (AvgIpc) is 3.13. The molecule has 0 spiro atoms. The van der Waals surface area contributed by atoms with Gasteiger partial charge in [0.15, 0.2) is 5.65 Å². The molecule has 5 rings (SSSR count). The van der Waals surface area contributed by atoms with Crippen molar-refractivity contribution >= 4 is 34.4 Å². The predicted molar refractivity (Wildman–Crippen MR) is 135 cm³/mol. The first kappa shape index (κ1) is 22.3. The molecule has 1 fully saturated rings. The van der Waals surface area contributed by atoms with Crippen molar-refractivity contribution in [2.75, 3.05) is 31.1 Å². The van der Waals surface area contributed by atoms with Crippen molar-refractivity contribution in [1.82, 2.24) is 24.6 Å². The van der Waals surface area contributed by atoms with E-state index in [1.165, 1.54) is 0 Å². The molecule has 0 unspecified atom stereocenters. The van der Waals surface area contributed by atoms with E-state index in [1.54, 1.807) is 6.92 Å². The molecule has 0 aliphatic carbocycles. The zero-order chi connectivity index (χ0) is 23.5. The van der Waals surface area contributed by atoms with Gasteiger partial charge in [0.05, 0.1) is 17.3 Å². The molecule has 0 radical (unpaired) electrons. The summed E-state index contributed by atoms with van der Waals surface area (Å²) in [5, 5.41) is 5.06. The minimum Gasteiger partial charge on any atom is -0.354 e. The third kappa shape index (κ3) is 4.61. The lowest BCUT2D eigenvalue weighted by Crippen LogP contribution is -2.38. The summed E-state index contributed by atoms with van der Waals surface area (Å²) in [4.78, 5) is 26.5. The van der Waals surface area contributed by atoms with Crippen LogP contribution in [0.4, 0.5) is 5.82 Å². The Morgan fingerprint density at radius 1 is 0.971 bits per heavy atom. The van der Waals surface area contributed by atoms with E-state index in [2.05, 4.69) is 22.1 Å². The number of para-hydroxylation sites is 1. The second-order valence-corrected chi connectivity index (χ2v) is 9.19. The highest BCUT2D eigenvalue weighted by atomic mass is 35.5. The molecule has 1 amide bonds. The lowest BCUT2D eigenvalue weighted by atomic mass is 10.1. The van der Waals surface area contributed by atoms with Crippen LogP contribution in [-0.2, 0) is 11.2 Å². The summed E-state index contributed by atoms with van der Waals surface area (Å²) in [6, 6.07) is 20.3. The van der Waals surface area contributed by atoms with E-state index < -0.39 is 5.38 Å². The van der Waals surface area contributed by atoms with E-state index in [0.29, 0.717) is 26.1 Å². The number of halogens is 1. The minimum atomic E-state index is -0.515. The highest BCUT2D eigenvalue weighted by Gasteiger charge is 2.25. The predicted octanol–water partition coefficient (Wildman–Crippen LogP) is 4.07. The van der Waals surface area contributed by atoms with Crippen molar-refractivity contribution in [3.05, 3.63) is 78.2 Å². The minimum absolute atomic E-state index is 0.0157. The van der Waals surface area contributed by atoms with Gasteiger partial charge in [0.2, 0.25) is 5.91 Å². The second kappa shape index (κ2) is 9.81. The van der Waals surface area contributed by atoms with E-state index in [0.717, 1.165) is 46.9 Å². The monoisotopic (exact) mass is 474 g/mol. The van der Waals surface area contributed by atoms with Gasteiger partial charge in [0, 0.05) is 32.6 Å². The van der Waals surface area contributed by atoms with Crippen LogP contribution in [0.2, 0.25) is 0 Å². The number of carbonyl (C=O) groups is 1. The van der Waals surface area contributed by atoms with Crippen molar-refractivity contribution in [2.45, 2.75) is 25.1 Å². The molecule has 4 aromatic rings. The Labute approximate surface area is 204 Å². The van der Waals surface area contributed by atoms with E-state index in [-0.39, 0.29) is 5.91 Å². The van der Waals surface area contributed by atoms with E-state index in [4.69, 9.17) is 21.6 Å². The van der Waals surface area contributed by atoms with Gasteiger partial charge in [0.1, 0.15) is 17.0 Å². The maximum Gasteiger partial charge on any atom is 0.240 e. The molecule has 174 valence electrons. The van der Waals surface area contributed by atoms with Crippen molar-refractivity contribution in [3.63, 3.8) is 0 Å². The molecular formula is C26H27ClN6O. The van der Waals surface area contributed by atoms with Crippen LogP contribution in [0.5, 0.6) is 0 Å². The van der Waals surface area contributed by atoms with Crippen LogP contribution >= 0.6 is 11.6 Å².